The highest BCUT2D eigenvalue weighted by Crippen LogP contribution is 2.47. The van der Waals surface area contributed by atoms with Crippen molar-refractivity contribution in [3.8, 4) is 0 Å². The molecule has 0 radical (unpaired) electrons. The van der Waals surface area contributed by atoms with Crippen molar-refractivity contribution in [3.63, 3.8) is 0 Å². The molecule has 2 aliphatic rings. The highest BCUT2D eigenvalue weighted by atomic mass is 79.9. The highest BCUT2D eigenvalue weighted by molar-refractivity contribution is 9.10. The van der Waals surface area contributed by atoms with Crippen molar-refractivity contribution >= 4 is 53.4 Å². The summed E-state index contributed by atoms with van der Waals surface area (Å²) in [6.07, 6.45) is 1.06. The van der Waals surface area contributed by atoms with E-state index in [9.17, 15) is 29.4 Å². The Bertz CT molecular complexity index is 1180. The van der Waals surface area contributed by atoms with Crippen LogP contribution >= 0.6 is 53.4 Å². The molecular formula is C18H20Br2N4O8S2. The molecule has 2 aliphatic heterocycles. The number of nitrogens with one attached hydrogen (secondary N) is 2. The maximum atomic E-state index is 12.2. The highest BCUT2D eigenvalue weighted by Gasteiger charge is 2.41. The van der Waals surface area contributed by atoms with E-state index >= 15 is 0 Å². The van der Waals surface area contributed by atoms with Gasteiger partial charge < -0.3 is 19.7 Å². The van der Waals surface area contributed by atoms with E-state index in [0.717, 1.165) is 0 Å². The Labute approximate surface area is 215 Å². The number of hydrogen-bond acceptors (Lipinski definition) is 10. The maximum Gasteiger partial charge on any atom is 0.330 e. The number of H-pyrrole nitrogens is 2. The Morgan fingerprint density at radius 2 is 1.21 bits per heavy atom. The zero-order chi connectivity index (χ0) is 24.6. The molecule has 2 saturated heterocycles. The number of aliphatic hydroxyl groups is 2. The largest absolute Gasteiger partial charge is 0.394 e. The van der Waals surface area contributed by atoms with E-state index < -0.39 is 47.2 Å². The fraction of sp³-hybridized carbons (Fsp3) is 0.556. The lowest BCUT2D eigenvalue weighted by atomic mass is 10.2. The molecule has 34 heavy (non-hydrogen) atoms. The quantitative estimate of drug-likeness (QED) is 0.308. The molecule has 4 rings (SSSR count). The summed E-state index contributed by atoms with van der Waals surface area (Å²) in [5.74, 6) is 0. The number of hydrogen-bond donors (Lipinski definition) is 4. The molecule has 4 N–H and O–H groups in total. The fourth-order valence-corrected chi connectivity index (χ4v) is 7.80. The Kier molecular flexibility index (Phi) is 8.28. The van der Waals surface area contributed by atoms with Crippen LogP contribution in [0, 0.1) is 0 Å². The van der Waals surface area contributed by atoms with Gasteiger partial charge in [0, 0.05) is 35.7 Å². The van der Waals surface area contributed by atoms with Crippen LogP contribution in [0.5, 0.6) is 0 Å². The van der Waals surface area contributed by atoms with E-state index in [4.69, 9.17) is 9.47 Å². The second-order valence-electron chi connectivity index (χ2n) is 7.65. The van der Waals surface area contributed by atoms with Crippen molar-refractivity contribution in [2.75, 3.05) is 13.2 Å². The third-order valence-corrected chi connectivity index (χ3v) is 10.0. The number of aliphatic hydroxyl groups excluding tert-OH is 2. The van der Waals surface area contributed by atoms with Gasteiger partial charge in [-0.15, -0.1) is 0 Å². The van der Waals surface area contributed by atoms with Gasteiger partial charge in [-0.1, -0.05) is 21.6 Å². The zero-order valence-electron chi connectivity index (χ0n) is 17.3. The molecule has 2 fully saturated rings. The molecule has 0 aliphatic carbocycles. The van der Waals surface area contributed by atoms with Gasteiger partial charge in [0.15, 0.2) is 0 Å². The molecule has 12 nitrogen and oxygen atoms in total. The first-order chi connectivity index (χ1) is 16.2. The molecule has 0 saturated carbocycles. The molecule has 4 heterocycles. The van der Waals surface area contributed by atoms with Crippen LogP contribution in [-0.2, 0) is 9.47 Å². The molecular weight excluding hydrogens is 624 g/mol. The molecule has 0 amide bonds. The predicted molar refractivity (Wildman–Crippen MR) is 132 cm³/mol. The lowest BCUT2D eigenvalue weighted by Crippen LogP contribution is -2.32. The molecule has 0 spiro atoms. The standard InChI is InChI=1S/C18H20Br2N4O8S2/c19-7-3-23(17(29)21-15(7)27)13-1-11(9(5-25)31-13)33-34-12-2-14(32-10(12)6-26)24-4-8(20)16(28)22-18(24)30/h3-4,9-14,25-26H,1-2,5-6H2,(H,21,27,29)(H,22,28,30)/t9-,10-,11+,12+,13-,14-/m1/s1. The molecule has 2 aromatic rings. The van der Waals surface area contributed by atoms with Crippen molar-refractivity contribution in [1.82, 2.24) is 19.1 Å². The van der Waals surface area contributed by atoms with Crippen LogP contribution in [0.1, 0.15) is 25.3 Å². The summed E-state index contributed by atoms with van der Waals surface area (Å²) in [7, 11) is 2.88. The molecule has 0 bridgehead atoms. The summed E-state index contributed by atoms with van der Waals surface area (Å²) in [5.41, 5.74) is -2.31. The van der Waals surface area contributed by atoms with E-state index in [0.29, 0.717) is 12.8 Å². The Hall–Kier alpha value is -1.14. The maximum absolute atomic E-state index is 12.2. The fourth-order valence-electron chi connectivity index (χ4n) is 3.76. The van der Waals surface area contributed by atoms with Crippen molar-refractivity contribution in [2.24, 2.45) is 0 Å². The average molecular weight is 644 g/mol. The second-order valence-corrected chi connectivity index (χ2v) is 12.1. The number of rotatable bonds is 7. The smallest absolute Gasteiger partial charge is 0.330 e. The molecule has 0 aromatic carbocycles. The van der Waals surface area contributed by atoms with Gasteiger partial charge in [0.05, 0.1) is 34.4 Å². The molecule has 6 atom stereocenters. The lowest BCUT2D eigenvalue weighted by molar-refractivity contribution is -0.0240. The monoisotopic (exact) mass is 642 g/mol. The zero-order valence-corrected chi connectivity index (χ0v) is 22.1. The van der Waals surface area contributed by atoms with Crippen LogP contribution < -0.4 is 22.5 Å². The van der Waals surface area contributed by atoms with E-state index in [1.54, 1.807) is 0 Å². The summed E-state index contributed by atoms with van der Waals surface area (Å²) in [5, 5.41) is 19.2. The van der Waals surface area contributed by atoms with Crippen LogP contribution in [0.15, 0.2) is 40.5 Å². The van der Waals surface area contributed by atoms with Crippen molar-refractivity contribution in [3.05, 3.63) is 63.0 Å². The van der Waals surface area contributed by atoms with Gasteiger partial charge in [0.1, 0.15) is 12.5 Å². The number of ether oxygens (including phenoxy) is 2. The molecule has 2 aromatic heterocycles. The average Bonchev–Trinajstić information content (AvgIpc) is 3.40. The van der Waals surface area contributed by atoms with E-state index in [1.165, 1.54) is 43.1 Å². The summed E-state index contributed by atoms with van der Waals surface area (Å²) in [6.45, 7) is -0.524. The summed E-state index contributed by atoms with van der Waals surface area (Å²) in [6, 6.07) is 0. The normalized spacial score (nSPS) is 29.1. The first-order valence-corrected chi connectivity index (χ1v) is 13.9. The van der Waals surface area contributed by atoms with Gasteiger partial charge in [-0.3, -0.25) is 28.7 Å². The van der Waals surface area contributed by atoms with Crippen molar-refractivity contribution in [2.45, 2.75) is 48.0 Å². The van der Waals surface area contributed by atoms with Crippen molar-refractivity contribution in [1.29, 1.82) is 0 Å². The number of aromatic amines is 2. The van der Waals surface area contributed by atoms with Gasteiger partial charge in [-0.25, -0.2) is 9.59 Å². The first-order valence-electron chi connectivity index (χ1n) is 10.1. The predicted octanol–water partition coefficient (Wildman–Crippen LogP) is 0.290. The topological polar surface area (TPSA) is 169 Å². The summed E-state index contributed by atoms with van der Waals surface area (Å²) in [4.78, 5) is 52.0. The minimum absolute atomic E-state index is 0.186. The van der Waals surface area contributed by atoms with Crippen LogP contribution in [-0.4, -0.2) is 65.2 Å². The number of aromatic nitrogens is 4. The van der Waals surface area contributed by atoms with Gasteiger partial charge in [-0.05, 0) is 31.9 Å². The van der Waals surface area contributed by atoms with E-state index in [-0.39, 0.29) is 32.7 Å². The Morgan fingerprint density at radius 1 is 0.824 bits per heavy atom. The Morgan fingerprint density at radius 3 is 1.56 bits per heavy atom. The molecule has 186 valence electrons. The van der Waals surface area contributed by atoms with Crippen LogP contribution in [0.3, 0.4) is 0 Å². The third-order valence-electron chi connectivity index (χ3n) is 5.49. The van der Waals surface area contributed by atoms with E-state index in [1.807, 2.05) is 0 Å². The second kappa shape index (κ2) is 10.9. The first kappa shape index (κ1) is 25.9. The van der Waals surface area contributed by atoms with Gasteiger partial charge in [-0.2, -0.15) is 0 Å². The van der Waals surface area contributed by atoms with E-state index in [2.05, 4.69) is 41.8 Å². The van der Waals surface area contributed by atoms with Gasteiger partial charge in [0.25, 0.3) is 11.1 Å². The van der Waals surface area contributed by atoms with Crippen LogP contribution in [0.4, 0.5) is 0 Å². The number of halogens is 2. The molecule has 0 unspecified atom stereocenters. The molecule has 16 heteroatoms. The minimum Gasteiger partial charge on any atom is -0.394 e. The minimum atomic E-state index is -0.672. The third kappa shape index (κ3) is 5.33. The van der Waals surface area contributed by atoms with Crippen LogP contribution in [0.2, 0.25) is 0 Å². The lowest BCUT2D eigenvalue weighted by Gasteiger charge is -2.19. The number of nitrogens with zero attached hydrogens (tertiary/aromatic N) is 2. The van der Waals surface area contributed by atoms with Crippen LogP contribution in [0.25, 0.3) is 0 Å². The van der Waals surface area contributed by atoms with Crippen molar-refractivity contribution < 1.29 is 19.7 Å². The summed E-state index contributed by atoms with van der Waals surface area (Å²) >= 11 is 6.20. The van der Waals surface area contributed by atoms with Gasteiger partial charge in [0.2, 0.25) is 0 Å². The SMILES string of the molecule is O=c1[nH]c(=O)n([C@H]2C[C@H](SS[C@H]3C[C@H](n4cc(Br)c(=O)[nH]c4=O)O[C@@H]3CO)[C@@H](CO)O2)cc1Br. The Balaban J connectivity index is 1.45. The van der Waals surface area contributed by atoms with Gasteiger partial charge >= 0.3 is 11.4 Å². The summed E-state index contributed by atoms with van der Waals surface area (Å²) < 4.78 is 14.6.